The number of piperidine rings is 1. The van der Waals surface area contributed by atoms with Gasteiger partial charge in [-0.3, -0.25) is 9.59 Å². The molecule has 2 amide bonds. The molecule has 2 aliphatic rings. The summed E-state index contributed by atoms with van der Waals surface area (Å²) in [6, 6.07) is 10.2. The Balaban J connectivity index is 0.00000280. The normalized spacial score (nSPS) is 18.3. The number of nitrogens with two attached hydrogens (primary N) is 1. The van der Waals surface area contributed by atoms with Crippen LogP contribution < -0.4 is 5.73 Å². The summed E-state index contributed by atoms with van der Waals surface area (Å²) in [6.45, 7) is 1.99. The van der Waals surface area contributed by atoms with Crippen LogP contribution >= 0.6 is 24.2 Å². The Kier molecular flexibility index (Phi) is 9.12. The summed E-state index contributed by atoms with van der Waals surface area (Å²) in [7, 11) is 0. The molecule has 1 aliphatic carbocycles. The molecule has 1 atom stereocenters. The van der Waals surface area contributed by atoms with E-state index in [2.05, 4.69) is 17.0 Å². The third-order valence-corrected chi connectivity index (χ3v) is 6.22. The number of likely N-dealkylation sites (tertiary alicyclic amines) is 1. The van der Waals surface area contributed by atoms with Crippen molar-refractivity contribution in [2.45, 2.75) is 50.7 Å². The van der Waals surface area contributed by atoms with Gasteiger partial charge in [-0.2, -0.15) is 11.8 Å². The summed E-state index contributed by atoms with van der Waals surface area (Å²) in [4.78, 5) is 29.5. The Bertz CT molecular complexity index is 634. The van der Waals surface area contributed by atoms with Crippen molar-refractivity contribution in [1.82, 2.24) is 9.80 Å². The van der Waals surface area contributed by atoms with Gasteiger partial charge in [0.2, 0.25) is 11.8 Å². The van der Waals surface area contributed by atoms with Crippen molar-refractivity contribution in [3.63, 3.8) is 0 Å². The molecule has 0 aromatic heterocycles. The molecule has 0 spiro atoms. The van der Waals surface area contributed by atoms with Crippen LogP contribution in [-0.2, 0) is 16.1 Å². The lowest BCUT2D eigenvalue weighted by Gasteiger charge is -2.35. The van der Waals surface area contributed by atoms with Gasteiger partial charge in [-0.05, 0) is 49.7 Å². The van der Waals surface area contributed by atoms with Crippen LogP contribution in [0.25, 0.3) is 0 Å². The highest BCUT2D eigenvalue weighted by Gasteiger charge is 2.37. The van der Waals surface area contributed by atoms with E-state index < -0.39 is 6.04 Å². The number of hydrogen-bond donors (Lipinski definition) is 1. The van der Waals surface area contributed by atoms with Crippen molar-refractivity contribution in [2.75, 3.05) is 25.1 Å². The minimum Gasteiger partial charge on any atom is -0.341 e. The average molecular weight is 426 g/mol. The number of amides is 2. The molecule has 2 fully saturated rings. The largest absolute Gasteiger partial charge is 0.341 e. The lowest BCUT2D eigenvalue weighted by molar-refractivity contribution is -0.142. The minimum absolute atomic E-state index is 0. The highest BCUT2D eigenvalue weighted by molar-refractivity contribution is 7.98. The van der Waals surface area contributed by atoms with Crippen LogP contribution in [0.1, 0.15) is 37.7 Å². The van der Waals surface area contributed by atoms with Gasteiger partial charge in [-0.1, -0.05) is 30.3 Å². The highest BCUT2D eigenvalue weighted by atomic mass is 35.5. The van der Waals surface area contributed by atoms with E-state index in [1.807, 2.05) is 29.4 Å². The molecule has 0 unspecified atom stereocenters. The Morgan fingerprint density at radius 2 is 1.82 bits per heavy atom. The van der Waals surface area contributed by atoms with E-state index in [1.54, 1.807) is 11.8 Å². The molecule has 5 nitrogen and oxygen atoms in total. The first kappa shape index (κ1) is 23.0. The van der Waals surface area contributed by atoms with Crippen molar-refractivity contribution < 1.29 is 9.59 Å². The van der Waals surface area contributed by atoms with Crippen molar-refractivity contribution in [3.05, 3.63) is 35.9 Å². The van der Waals surface area contributed by atoms with Gasteiger partial charge in [-0.25, -0.2) is 0 Å². The van der Waals surface area contributed by atoms with Gasteiger partial charge in [0.25, 0.3) is 0 Å². The smallest absolute Gasteiger partial charge is 0.239 e. The third-order valence-electron chi connectivity index (χ3n) is 5.57. The zero-order valence-electron chi connectivity index (χ0n) is 16.6. The fourth-order valence-corrected chi connectivity index (χ4v) is 4.23. The lowest BCUT2D eigenvalue weighted by Crippen LogP contribution is -2.49. The maximum atomic E-state index is 13.1. The van der Waals surface area contributed by atoms with Crippen LogP contribution in [0, 0.1) is 5.92 Å². The second kappa shape index (κ2) is 11.1. The Morgan fingerprint density at radius 1 is 1.18 bits per heavy atom. The van der Waals surface area contributed by atoms with Crippen molar-refractivity contribution in [2.24, 2.45) is 11.7 Å². The first-order chi connectivity index (χ1) is 13.1. The SMILES string of the molecule is CSCC[C@H](N)C(=O)N1CCC(C(=O)N(Cc2ccccc2)C2CC2)CC1.Cl. The van der Waals surface area contributed by atoms with Crippen molar-refractivity contribution >= 4 is 36.0 Å². The van der Waals surface area contributed by atoms with Gasteiger partial charge in [-0.15, -0.1) is 12.4 Å². The number of nitrogens with zero attached hydrogens (tertiary/aromatic N) is 2. The summed E-state index contributed by atoms with van der Waals surface area (Å²) in [5, 5.41) is 0. The van der Waals surface area contributed by atoms with Crippen molar-refractivity contribution in [3.8, 4) is 0 Å². The predicted molar refractivity (Wildman–Crippen MR) is 118 cm³/mol. The topological polar surface area (TPSA) is 66.6 Å². The molecule has 1 aromatic rings. The van der Waals surface area contributed by atoms with Crippen LogP contribution in [-0.4, -0.2) is 58.8 Å². The first-order valence-electron chi connectivity index (χ1n) is 9.98. The number of carbonyl (C=O) groups is 2. The molecular formula is C21H32ClN3O2S. The van der Waals surface area contributed by atoms with E-state index in [9.17, 15) is 9.59 Å². The van der Waals surface area contributed by atoms with E-state index in [0.29, 0.717) is 32.1 Å². The monoisotopic (exact) mass is 425 g/mol. The summed E-state index contributed by atoms with van der Waals surface area (Å²) in [5.74, 6) is 1.23. The van der Waals surface area contributed by atoms with Gasteiger partial charge >= 0.3 is 0 Å². The van der Waals surface area contributed by atoms with E-state index in [0.717, 1.165) is 31.4 Å². The van der Waals surface area contributed by atoms with Crippen LogP contribution in [0.4, 0.5) is 0 Å². The number of rotatable bonds is 8. The quantitative estimate of drug-likeness (QED) is 0.695. The molecule has 1 aliphatic heterocycles. The zero-order chi connectivity index (χ0) is 19.2. The zero-order valence-corrected chi connectivity index (χ0v) is 18.2. The summed E-state index contributed by atoms with van der Waals surface area (Å²) < 4.78 is 0. The molecule has 156 valence electrons. The molecule has 0 bridgehead atoms. The van der Waals surface area contributed by atoms with E-state index in [1.165, 1.54) is 5.56 Å². The highest BCUT2D eigenvalue weighted by Crippen LogP contribution is 2.32. The first-order valence-corrected chi connectivity index (χ1v) is 11.4. The molecule has 2 N–H and O–H groups in total. The third kappa shape index (κ3) is 6.13. The van der Waals surface area contributed by atoms with Crippen LogP contribution in [0.5, 0.6) is 0 Å². The molecule has 28 heavy (non-hydrogen) atoms. The van der Waals surface area contributed by atoms with Gasteiger partial charge in [0.05, 0.1) is 6.04 Å². The van der Waals surface area contributed by atoms with E-state index in [4.69, 9.17) is 5.73 Å². The molecule has 3 rings (SSSR count). The van der Waals surface area contributed by atoms with Gasteiger partial charge in [0.1, 0.15) is 0 Å². The number of halogens is 1. The van der Waals surface area contributed by atoms with E-state index >= 15 is 0 Å². The van der Waals surface area contributed by atoms with Crippen LogP contribution in [0.15, 0.2) is 30.3 Å². The van der Waals surface area contributed by atoms with Gasteiger partial charge in [0, 0.05) is 31.6 Å². The Labute approximate surface area is 178 Å². The van der Waals surface area contributed by atoms with Crippen molar-refractivity contribution in [1.29, 1.82) is 0 Å². The maximum Gasteiger partial charge on any atom is 0.239 e. The lowest BCUT2D eigenvalue weighted by atomic mass is 9.94. The van der Waals surface area contributed by atoms with E-state index in [-0.39, 0.29) is 30.1 Å². The van der Waals surface area contributed by atoms with Gasteiger partial charge < -0.3 is 15.5 Å². The van der Waals surface area contributed by atoms with Crippen LogP contribution in [0.3, 0.4) is 0 Å². The molecule has 1 saturated heterocycles. The summed E-state index contributed by atoms with van der Waals surface area (Å²) in [5.41, 5.74) is 7.22. The number of thioether (sulfide) groups is 1. The Morgan fingerprint density at radius 3 is 2.39 bits per heavy atom. The molecular weight excluding hydrogens is 394 g/mol. The molecule has 1 heterocycles. The number of benzene rings is 1. The fourth-order valence-electron chi connectivity index (χ4n) is 3.74. The number of hydrogen-bond acceptors (Lipinski definition) is 4. The minimum atomic E-state index is -0.411. The molecule has 0 radical (unpaired) electrons. The maximum absolute atomic E-state index is 13.1. The molecule has 7 heteroatoms. The second-order valence-electron chi connectivity index (χ2n) is 7.67. The standard InChI is InChI=1S/C21H31N3O2S.ClH/c1-27-14-11-19(22)21(26)23-12-9-17(10-13-23)20(25)24(18-7-8-18)15-16-5-3-2-4-6-16;/h2-6,17-19H,7-15,22H2,1H3;1H/t19-;/m0./s1. The second-order valence-corrected chi connectivity index (χ2v) is 8.66. The molecule has 1 saturated carbocycles. The summed E-state index contributed by atoms with van der Waals surface area (Å²) >= 11 is 1.71. The average Bonchev–Trinajstić information content (AvgIpc) is 3.55. The van der Waals surface area contributed by atoms with Gasteiger partial charge in [0.15, 0.2) is 0 Å². The predicted octanol–water partition coefficient (Wildman–Crippen LogP) is 2.92. The molecule has 1 aromatic carbocycles. The van der Waals surface area contributed by atoms with Crippen LogP contribution in [0.2, 0.25) is 0 Å². The number of carbonyl (C=O) groups excluding carboxylic acids is 2. The summed E-state index contributed by atoms with van der Waals surface area (Å²) in [6.07, 6.45) is 6.46. The Hall–Kier alpha value is -1.24. The fraction of sp³-hybridized carbons (Fsp3) is 0.619.